The third-order valence-corrected chi connectivity index (χ3v) is 3.74. The van der Waals surface area contributed by atoms with Gasteiger partial charge in [0.25, 0.3) is 0 Å². The fraction of sp³-hybridized carbons (Fsp3) is 0.800. The van der Waals surface area contributed by atoms with Gasteiger partial charge in [0.1, 0.15) is 5.54 Å². The van der Waals surface area contributed by atoms with E-state index in [4.69, 9.17) is 5.11 Å². The van der Waals surface area contributed by atoms with E-state index >= 15 is 0 Å². The zero-order valence-corrected chi connectivity index (χ0v) is 9.73. The number of carboxylic acids is 1. The van der Waals surface area contributed by atoms with E-state index in [1.54, 1.807) is 11.8 Å². The van der Waals surface area contributed by atoms with Crippen LogP contribution in [0.2, 0.25) is 0 Å². The summed E-state index contributed by atoms with van der Waals surface area (Å²) in [7, 11) is 0. The summed E-state index contributed by atoms with van der Waals surface area (Å²) in [6, 6.07) is 0. The quantitative estimate of drug-likeness (QED) is 0.675. The van der Waals surface area contributed by atoms with Crippen molar-refractivity contribution < 1.29 is 14.7 Å². The molecule has 1 aliphatic rings. The molecule has 86 valence electrons. The lowest BCUT2D eigenvalue weighted by atomic mass is 9.77. The van der Waals surface area contributed by atoms with Crippen molar-refractivity contribution in [1.82, 2.24) is 5.32 Å². The number of carbonyl (C=O) groups excluding carboxylic acids is 1. The molecule has 0 saturated heterocycles. The third-order valence-electron chi connectivity index (χ3n) is 2.58. The van der Waals surface area contributed by atoms with Crippen LogP contribution in [0.4, 0.5) is 0 Å². The van der Waals surface area contributed by atoms with Gasteiger partial charge in [0.05, 0.1) is 5.75 Å². The number of nitrogens with one attached hydrogen (secondary N) is 1. The highest BCUT2D eigenvalue weighted by Gasteiger charge is 2.45. The fourth-order valence-corrected chi connectivity index (χ4v) is 2.23. The SMILES string of the molecule is CCCSCC(=O)NC1(C(=O)O)CCC1. The minimum atomic E-state index is -0.955. The van der Waals surface area contributed by atoms with Gasteiger partial charge in [-0.1, -0.05) is 6.92 Å². The molecule has 2 N–H and O–H groups in total. The van der Waals surface area contributed by atoms with Gasteiger partial charge in [-0.2, -0.15) is 11.8 Å². The number of thioether (sulfide) groups is 1. The van der Waals surface area contributed by atoms with Gasteiger partial charge in [-0.15, -0.1) is 0 Å². The first-order valence-corrected chi connectivity index (χ1v) is 6.38. The predicted octanol–water partition coefficient (Wildman–Crippen LogP) is 1.25. The molecule has 1 fully saturated rings. The van der Waals surface area contributed by atoms with Gasteiger partial charge in [0.15, 0.2) is 0 Å². The molecule has 1 amide bonds. The van der Waals surface area contributed by atoms with Gasteiger partial charge in [0.2, 0.25) is 5.91 Å². The molecule has 0 aromatic rings. The van der Waals surface area contributed by atoms with E-state index in [9.17, 15) is 9.59 Å². The number of rotatable bonds is 6. The van der Waals surface area contributed by atoms with Crippen LogP contribution in [0.1, 0.15) is 32.6 Å². The summed E-state index contributed by atoms with van der Waals surface area (Å²) in [6.07, 6.45) is 3.04. The second-order valence-electron chi connectivity index (χ2n) is 3.84. The Morgan fingerprint density at radius 3 is 2.53 bits per heavy atom. The zero-order valence-electron chi connectivity index (χ0n) is 8.91. The molecule has 0 aliphatic heterocycles. The van der Waals surface area contributed by atoms with Gasteiger partial charge < -0.3 is 10.4 Å². The van der Waals surface area contributed by atoms with E-state index in [0.29, 0.717) is 18.6 Å². The predicted molar refractivity (Wildman–Crippen MR) is 60.0 cm³/mol. The van der Waals surface area contributed by atoms with E-state index in [1.165, 1.54) is 0 Å². The van der Waals surface area contributed by atoms with Crippen LogP contribution in [0.25, 0.3) is 0 Å². The van der Waals surface area contributed by atoms with Crippen molar-refractivity contribution >= 4 is 23.6 Å². The summed E-state index contributed by atoms with van der Waals surface area (Å²) >= 11 is 1.54. The fourth-order valence-electron chi connectivity index (χ4n) is 1.53. The Morgan fingerprint density at radius 1 is 1.47 bits per heavy atom. The van der Waals surface area contributed by atoms with Crippen molar-refractivity contribution in [3.05, 3.63) is 0 Å². The zero-order chi connectivity index (χ0) is 11.3. The van der Waals surface area contributed by atoms with E-state index in [2.05, 4.69) is 12.2 Å². The average Bonchev–Trinajstić information content (AvgIpc) is 2.11. The van der Waals surface area contributed by atoms with Crippen LogP contribution in [0.5, 0.6) is 0 Å². The number of amides is 1. The second-order valence-corrected chi connectivity index (χ2v) is 4.95. The summed E-state index contributed by atoms with van der Waals surface area (Å²) in [5.74, 6) is 0.245. The maximum Gasteiger partial charge on any atom is 0.329 e. The van der Waals surface area contributed by atoms with E-state index in [1.807, 2.05) is 0 Å². The first-order valence-electron chi connectivity index (χ1n) is 5.23. The Balaban J connectivity index is 2.32. The molecular weight excluding hydrogens is 214 g/mol. The summed E-state index contributed by atoms with van der Waals surface area (Å²) in [6.45, 7) is 2.05. The Labute approximate surface area is 93.8 Å². The molecule has 1 rings (SSSR count). The monoisotopic (exact) mass is 231 g/mol. The molecule has 0 aromatic carbocycles. The number of hydrogen-bond donors (Lipinski definition) is 2. The highest BCUT2D eigenvalue weighted by Crippen LogP contribution is 2.32. The molecule has 0 aromatic heterocycles. The largest absolute Gasteiger partial charge is 0.480 e. The molecule has 0 spiro atoms. The lowest BCUT2D eigenvalue weighted by Crippen LogP contribution is -2.59. The van der Waals surface area contributed by atoms with Gasteiger partial charge in [0, 0.05) is 0 Å². The Kier molecular flexibility index (Phi) is 4.45. The van der Waals surface area contributed by atoms with Gasteiger partial charge in [-0.3, -0.25) is 4.79 Å². The second kappa shape index (κ2) is 5.39. The van der Waals surface area contributed by atoms with Crippen molar-refractivity contribution in [2.24, 2.45) is 0 Å². The van der Waals surface area contributed by atoms with Crippen molar-refractivity contribution in [1.29, 1.82) is 0 Å². The van der Waals surface area contributed by atoms with Gasteiger partial charge in [-0.25, -0.2) is 4.79 Å². The minimum absolute atomic E-state index is 0.157. The molecule has 0 heterocycles. The normalized spacial score (nSPS) is 17.9. The molecule has 0 unspecified atom stereocenters. The van der Waals surface area contributed by atoms with Crippen molar-refractivity contribution in [2.45, 2.75) is 38.1 Å². The van der Waals surface area contributed by atoms with Crippen molar-refractivity contribution in [3.63, 3.8) is 0 Å². The van der Waals surface area contributed by atoms with Crippen LogP contribution in [-0.4, -0.2) is 34.0 Å². The van der Waals surface area contributed by atoms with E-state index < -0.39 is 11.5 Å². The number of hydrogen-bond acceptors (Lipinski definition) is 3. The molecule has 5 heteroatoms. The first kappa shape index (κ1) is 12.4. The molecule has 0 bridgehead atoms. The Hall–Kier alpha value is -0.710. The average molecular weight is 231 g/mol. The third kappa shape index (κ3) is 3.12. The minimum Gasteiger partial charge on any atom is -0.480 e. The highest BCUT2D eigenvalue weighted by atomic mass is 32.2. The van der Waals surface area contributed by atoms with Crippen LogP contribution >= 0.6 is 11.8 Å². The van der Waals surface area contributed by atoms with Crippen LogP contribution in [-0.2, 0) is 9.59 Å². The number of carbonyl (C=O) groups is 2. The topological polar surface area (TPSA) is 66.4 Å². The molecule has 0 radical (unpaired) electrons. The standard InChI is InChI=1S/C10H17NO3S/c1-2-6-15-7-8(12)11-10(9(13)14)4-3-5-10/h2-7H2,1H3,(H,11,12)(H,13,14). The smallest absolute Gasteiger partial charge is 0.329 e. The molecule has 4 nitrogen and oxygen atoms in total. The number of aliphatic carboxylic acids is 1. The maximum atomic E-state index is 11.4. The van der Waals surface area contributed by atoms with E-state index in [0.717, 1.165) is 18.6 Å². The van der Waals surface area contributed by atoms with Crippen molar-refractivity contribution in [2.75, 3.05) is 11.5 Å². The lowest BCUT2D eigenvalue weighted by molar-refractivity contribution is -0.151. The van der Waals surface area contributed by atoms with Crippen LogP contribution in [0.15, 0.2) is 0 Å². The van der Waals surface area contributed by atoms with Crippen LogP contribution in [0, 0.1) is 0 Å². The molecule has 15 heavy (non-hydrogen) atoms. The Morgan fingerprint density at radius 2 is 2.13 bits per heavy atom. The first-order chi connectivity index (χ1) is 7.10. The summed E-state index contributed by atoms with van der Waals surface area (Å²) in [4.78, 5) is 22.4. The molecular formula is C10H17NO3S. The molecule has 0 atom stereocenters. The Bertz CT molecular complexity index is 251. The summed E-state index contributed by atoms with van der Waals surface area (Å²) in [5, 5.41) is 11.6. The molecule has 1 saturated carbocycles. The number of carboxylic acid groups (broad SMARTS) is 1. The van der Waals surface area contributed by atoms with E-state index in [-0.39, 0.29) is 5.91 Å². The van der Waals surface area contributed by atoms with Crippen LogP contribution < -0.4 is 5.32 Å². The van der Waals surface area contributed by atoms with Crippen molar-refractivity contribution in [3.8, 4) is 0 Å². The van der Waals surface area contributed by atoms with Gasteiger partial charge in [-0.05, 0) is 31.4 Å². The highest BCUT2D eigenvalue weighted by molar-refractivity contribution is 7.99. The molecule has 1 aliphatic carbocycles. The summed E-state index contributed by atoms with van der Waals surface area (Å²) in [5.41, 5.74) is -0.955. The lowest BCUT2D eigenvalue weighted by Gasteiger charge is -2.38. The van der Waals surface area contributed by atoms with Crippen LogP contribution in [0.3, 0.4) is 0 Å². The summed E-state index contributed by atoms with van der Waals surface area (Å²) < 4.78 is 0. The van der Waals surface area contributed by atoms with Gasteiger partial charge >= 0.3 is 5.97 Å². The maximum absolute atomic E-state index is 11.4.